The minimum atomic E-state index is -0.683. The van der Waals surface area contributed by atoms with Crippen molar-refractivity contribution in [2.45, 2.75) is 6.54 Å². The number of nitro groups is 1. The van der Waals surface area contributed by atoms with Crippen molar-refractivity contribution < 1.29 is 9.72 Å². The average molecular weight is 268 g/mol. The predicted octanol–water partition coefficient (Wildman–Crippen LogP) is -0.100. The maximum Gasteiger partial charge on any atom is 0.490 e. The Morgan fingerprint density at radius 1 is 1.67 bits per heavy atom. The fourth-order valence-electron chi connectivity index (χ4n) is 1.34. The molecule has 0 bridgehead atoms. The van der Waals surface area contributed by atoms with Gasteiger partial charge in [-0.05, 0) is 21.9 Å². The number of nitrogens with one attached hydrogen (secondary N) is 1. The quantitative estimate of drug-likeness (QED) is 0.345. The molecule has 9 nitrogen and oxygen atoms in total. The van der Waals surface area contributed by atoms with Gasteiger partial charge in [-0.3, -0.25) is 10.2 Å². The number of hydrogen-bond acceptors (Lipinski definition) is 7. The van der Waals surface area contributed by atoms with Crippen molar-refractivity contribution in [3.8, 4) is 0 Å². The zero-order chi connectivity index (χ0) is 13.1. The van der Waals surface area contributed by atoms with Crippen LogP contribution in [-0.2, 0) is 6.54 Å². The largest absolute Gasteiger partial charge is 0.490 e. The number of carbonyl (C=O) groups excluding carboxylic acids is 1. The van der Waals surface area contributed by atoms with Crippen molar-refractivity contribution in [2.24, 2.45) is 5.84 Å². The third kappa shape index (κ3) is 2.33. The molecule has 0 spiro atoms. The lowest BCUT2D eigenvalue weighted by Crippen LogP contribution is -2.30. The Hall–Kier alpha value is -2.33. The van der Waals surface area contributed by atoms with Crippen LogP contribution in [0, 0.1) is 10.1 Å². The fourth-order valence-corrected chi connectivity index (χ4v) is 2.16. The Morgan fingerprint density at radius 2 is 2.44 bits per heavy atom. The molecule has 0 radical (unpaired) electrons. The molecule has 3 N–H and O–H groups in total. The van der Waals surface area contributed by atoms with E-state index in [1.807, 2.05) is 5.43 Å². The van der Waals surface area contributed by atoms with Crippen molar-refractivity contribution in [1.82, 2.24) is 20.2 Å². The summed E-state index contributed by atoms with van der Waals surface area (Å²) < 4.78 is 1.29. The number of rotatable bonds is 4. The highest BCUT2D eigenvalue weighted by atomic mass is 32.1. The molecule has 1 amide bonds. The van der Waals surface area contributed by atoms with E-state index in [1.165, 1.54) is 22.3 Å². The summed E-state index contributed by atoms with van der Waals surface area (Å²) in [5.74, 6) is 4.17. The summed E-state index contributed by atoms with van der Waals surface area (Å²) in [6.45, 7) is 0.215. The zero-order valence-electron chi connectivity index (χ0n) is 8.94. The summed E-state index contributed by atoms with van der Waals surface area (Å²) in [6, 6.07) is 1.72. The second-order valence-corrected chi connectivity index (χ2v) is 4.16. The normalized spacial score (nSPS) is 10.3. The third-order valence-electron chi connectivity index (χ3n) is 2.10. The Morgan fingerprint density at radius 3 is 3.06 bits per heavy atom. The summed E-state index contributed by atoms with van der Waals surface area (Å²) in [5, 5.41) is 15.8. The molecule has 18 heavy (non-hydrogen) atoms. The van der Waals surface area contributed by atoms with E-state index in [0.29, 0.717) is 10.4 Å². The average Bonchev–Trinajstić information content (AvgIpc) is 2.97. The SMILES string of the molecule is NNC(=O)c1sccc1Cn1cnc([N+](=O)[O-])n1. The summed E-state index contributed by atoms with van der Waals surface area (Å²) in [4.78, 5) is 25.1. The number of nitrogens with two attached hydrogens (primary N) is 1. The Bertz CT molecular complexity index is 591. The molecule has 0 unspecified atom stereocenters. The molecular formula is C8H8N6O3S. The van der Waals surface area contributed by atoms with Crippen molar-refractivity contribution in [2.75, 3.05) is 0 Å². The van der Waals surface area contributed by atoms with E-state index in [2.05, 4.69) is 10.1 Å². The lowest BCUT2D eigenvalue weighted by Gasteiger charge is -2.00. The summed E-state index contributed by atoms with van der Waals surface area (Å²) in [6.07, 6.45) is 1.24. The van der Waals surface area contributed by atoms with Gasteiger partial charge in [0.2, 0.25) is 6.33 Å². The maximum atomic E-state index is 11.4. The topological polar surface area (TPSA) is 129 Å². The first-order valence-corrected chi connectivity index (χ1v) is 5.61. The van der Waals surface area contributed by atoms with Gasteiger partial charge >= 0.3 is 5.95 Å². The molecule has 2 rings (SSSR count). The van der Waals surface area contributed by atoms with Crippen LogP contribution in [0.5, 0.6) is 0 Å². The molecule has 0 atom stereocenters. The number of nitrogens with zero attached hydrogens (tertiary/aromatic N) is 4. The van der Waals surface area contributed by atoms with E-state index in [1.54, 1.807) is 11.4 Å². The highest BCUT2D eigenvalue weighted by Gasteiger charge is 2.17. The van der Waals surface area contributed by atoms with Gasteiger partial charge in [0, 0.05) is 5.10 Å². The van der Waals surface area contributed by atoms with Gasteiger partial charge in [0.05, 0.1) is 11.4 Å². The predicted molar refractivity (Wildman–Crippen MR) is 61.8 cm³/mol. The van der Waals surface area contributed by atoms with Gasteiger partial charge in [-0.15, -0.1) is 11.3 Å². The van der Waals surface area contributed by atoms with Gasteiger partial charge in [-0.2, -0.15) is 4.68 Å². The first kappa shape index (κ1) is 12.1. The summed E-state index contributed by atoms with van der Waals surface area (Å²) >= 11 is 1.23. The van der Waals surface area contributed by atoms with E-state index in [0.717, 1.165) is 0 Å². The van der Waals surface area contributed by atoms with Crippen LogP contribution in [0.15, 0.2) is 17.8 Å². The second-order valence-electron chi connectivity index (χ2n) is 3.25. The van der Waals surface area contributed by atoms with Crippen LogP contribution in [-0.4, -0.2) is 25.6 Å². The van der Waals surface area contributed by atoms with Crippen molar-refractivity contribution in [1.29, 1.82) is 0 Å². The minimum Gasteiger partial charge on any atom is -0.390 e. The molecule has 2 aromatic rings. The van der Waals surface area contributed by atoms with Gasteiger partial charge in [0.15, 0.2) is 0 Å². The number of hydrazine groups is 1. The molecule has 0 saturated carbocycles. The van der Waals surface area contributed by atoms with Gasteiger partial charge in [0.1, 0.15) is 0 Å². The number of nitrogen functional groups attached to an aromatic ring is 1. The van der Waals surface area contributed by atoms with Gasteiger partial charge in [-0.25, -0.2) is 5.84 Å². The van der Waals surface area contributed by atoms with Crippen LogP contribution >= 0.6 is 11.3 Å². The van der Waals surface area contributed by atoms with E-state index in [4.69, 9.17) is 5.84 Å². The van der Waals surface area contributed by atoms with Crippen molar-refractivity contribution in [3.63, 3.8) is 0 Å². The highest BCUT2D eigenvalue weighted by Crippen LogP contribution is 2.17. The van der Waals surface area contributed by atoms with Crippen LogP contribution in [0.1, 0.15) is 15.2 Å². The molecule has 0 aromatic carbocycles. The molecule has 0 aliphatic carbocycles. The molecule has 2 aromatic heterocycles. The zero-order valence-corrected chi connectivity index (χ0v) is 9.75. The summed E-state index contributed by atoms with van der Waals surface area (Å²) in [7, 11) is 0. The van der Waals surface area contributed by atoms with Gasteiger partial charge in [0.25, 0.3) is 5.91 Å². The van der Waals surface area contributed by atoms with Crippen molar-refractivity contribution in [3.05, 3.63) is 38.3 Å². The van der Waals surface area contributed by atoms with Crippen molar-refractivity contribution >= 4 is 23.2 Å². The number of hydrogen-bond donors (Lipinski definition) is 2. The van der Waals surface area contributed by atoms with Gasteiger partial charge < -0.3 is 10.1 Å². The monoisotopic (exact) mass is 268 g/mol. The number of aromatic nitrogens is 3. The standard InChI is InChI=1S/C8H8N6O3S/c9-11-7(15)6-5(1-2-18-6)3-13-4-10-8(12-13)14(16)17/h1-2,4H,3,9H2,(H,11,15). The van der Waals surface area contributed by atoms with Crippen LogP contribution in [0.25, 0.3) is 0 Å². The smallest absolute Gasteiger partial charge is 0.390 e. The lowest BCUT2D eigenvalue weighted by atomic mass is 10.2. The molecule has 2 heterocycles. The van der Waals surface area contributed by atoms with E-state index >= 15 is 0 Å². The minimum absolute atomic E-state index is 0.215. The molecule has 0 saturated heterocycles. The first-order valence-electron chi connectivity index (χ1n) is 4.73. The first-order chi connectivity index (χ1) is 8.61. The summed E-state index contributed by atoms with van der Waals surface area (Å²) in [5.41, 5.74) is 2.70. The van der Waals surface area contributed by atoms with Crippen LogP contribution < -0.4 is 11.3 Å². The van der Waals surface area contributed by atoms with E-state index in [-0.39, 0.29) is 6.54 Å². The number of amides is 1. The van der Waals surface area contributed by atoms with Gasteiger partial charge in [-0.1, -0.05) is 4.98 Å². The molecule has 0 aliphatic heterocycles. The molecular weight excluding hydrogens is 260 g/mol. The molecule has 10 heteroatoms. The number of carbonyl (C=O) groups is 1. The fraction of sp³-hybridized carbons (Fsp3) is 0.125. The Kier molecular flexibility index (Phi) is 3.30. The molecule has 94 valence electrons. The highest BCUT2D eigenvalue weighted by molar-refractivity contribution is 7.12. The molecule has 0 aliphatic rings. The van der Waals surface area contributed by atoms with E-state index in [9.17, 15) is 14.9 Å². The van der Waals surface area contributed by atoms with Crippen LogP contribution in [0.2, 0.25) is 0 Å². The third-order valence-corrected chi connectivity index (χ3v) is 3.06. The van der Waals surface area contributed by atoms with E-state index < -0.39 is 16.8 Å². The maximum absolute atomic E-state index is 11.4. The second kappa shape index (κ2) is 4.89. The Balaban J connectivity index is 2.20. The Labute approximate surface area is 104 Å². The van der Waals surface area contributed by atoms with Crippen LogP contribution in [0.4, 0.5) is 5.95 Å². The van der Waals surface area contributed by atoms with Crippen LogP contribution in [0.3, 0.4) is 0 Å². The lowest BCUT2D eigenvalue weighted by molar-refractivity contribution is -0.394. The number of thiophene rings is 1. The molecule has 0 fully saturated rings.